The Bertz CT molecular complexity index is 393. The third-order valence-corrected chi connectivity index (χ3v) is 2.82. The second-order valence-electron chi connectivity index (χ2n) is 4.80. The number of rotatable bonds is 0. The molecule has 112 valence electrons. The summed E-state index contributed by atoms with van der Waals surface area (Å²) in [5.74, 6) is 0.560. The molecule has 1 atom stereocenters. The minimum absolute atomic E-state index is 0. The van der Waals surface area contributed by atoms with Gasteiger partial charge in [-0.3, -0.25) is 12.2 Å². The summed E-state index contributed by atoms with van der Waals surface area (Å²) in [7, 11) is 0. The van der Waals surface area contributed by atoms with E-state index in [4.69, 9.17) is 0 Å². The van der Waals surface area contributed by atoms with E-state index in [2.05, 4.69) is 59.0 Å². The normalized spacial score (nSPS) is 18.0. The zero-order valence-electron chi connectivity index (χ0n) is 13.3. The van der Waals surface area contributed by atoms with Crippen LogP contribution in [0.2, 0.25) is 13.1 Å². The van der Waals surface area contributed by atoms with Crippen LogP contribution in [0.5, 0.6) is 0 Å². The molecule has 0 N–H and O–H groups in total. The summed E-state index contributed by atoms with van der Waals surface area (Å²) < 4.78 is 0. The Kier molecular flexibility index (Phi) is 18.6. The first kappa shape index (κ1) is 25.6. The van der Waals surface area contributed by atoms with Crippen LogP contribution in [0, 0.1) is 18.1 Å². The second-order valence-corrected chi connectivity index (χ2v) is 14.2. The van der Waals surface area contributed by atoms with E-state index < -0.39 is 0 Å². The van der Waals surface area contributed by atoms with Crippen molar-refractivity contribution in [2.45, 2.75) is 47.2 Å². The maximum absolute atomic E-state index is 3.36. The first-order valence-electron chi connectivity index (χ1n) is 6.37. The average molecular weight is 409 g/mol. The maximum atomic E-state index is 3.36. The number of hydrogen-bond donors (Lipinski definition) is 0. The van der Waals surface area contributed by atoms with E-state index in [0.29, 0.717) is 5.92 Å². The van der Waals surface area contributed by atoms with Gasteiger partial charge in [-0.2, -0.15) is 17.2 Å². The standard InChI is InChI=1S/C9H13.C5H5.C2H6Si.2ClH.Zr/c1-6-5-7(2)9(4)8(6)3;1-2-4-5-3-1;1-3-2;;;/h6H,1-4H3;1-3H,4H2;1-2H3;2*1H;/q2*-1;;;;+2. The number of allylic oxidation sites excluding steroid dienone is 8. The van der Waals surface area contributed by atoms with Gasteiger partial charge in [-0.25, -0.2) is 17.7 Å². The molecule has 0 spiro atoms. The second kappa shape index (κ2) is 14.6. The van der Waals surface area contributed by atoms with Gasteiger partial charge in [0.15, 0.2) is 0 Å². The molecule has 2 aliphatic rings. The Balaban J connectivity index is -0.000000228. The summed E-state index contributed by atoms with van der Waals surface area (Å²) in [5.41, 5.74) is 4.46. The molecule has 20 heavy (non-hydrogen) atoms. The van der Waals surface area contributed by atoms with Crippen molar-refractivity contribution in [3.8, 4) is 0 Å². The molecule has 0 aromatic heterocycles. The van der Waals surface area contributed by atoms with Crippen molar-refractivity contribution < 1.29 is 23.3 Å². The molecule has 0 bridgehead atoms. The molecule has 0 saturated heterocycles. The molecule has 1 unspecified atom stereocenters. The topological polar surface area (TPSA) is 0 Å². The molecule has 0 radical (unpaired) electrons. The van der Waals surface area contributed by atoms with Gasteiger partial charge in [-0.15, -0.1) is 38.2 Å². The molecule has 2 rings (SSSR count). The van der Waals surface area contributed by atoms with E-state index >= 15 is 0 Å². The van der Waals surface area contributed by atoms with Crippen molar-refractivity contribution in [1.29, 1.82) is 0 Å². The summed E-state index contributed by atoms with van der Waals surface area (Å²) in [6, 6.07) is 0. The van der Waals surface area contributed by atoms with Crippen LogP contribution in [0.15, 0.2) is 34.9 Å². The Morgan fingerprint density at radius 3 is 1.80 bits per heavy atom. The number of halogens is 2. The van der Waals surface area contributed by atoms with Gasteiger partial charge in [0, 0.05) is 0 Å². The third kappa shape index (κ3) is 12.4. The van der Waals surface area contributed by atoms with Crippen molar-refractivity contribution in [2.24, 2.45) is 5.92 Å². The first-order valence-corrected chi connectivity index (χ1v) is 12.6. The van der Waals surface area contributed by atoms with Crippen molar-refractivity contribution in [3.05, 3.63) is 47.1 Å². The minimum Gasteiger partial charge on any atom is -0.273 e. The van der Waals surface area contributed by atoms with Crippen molar-refractivity contribution >= 4 is 30.2 Å². The van der Waals surface area contributed by atoms with Crippen LogP contribution in [0.3, 0.4) is 0 Å². The van der Waals surface area contributed by atoms with Crippen LogP contribution < -0.4 is 0 Å². The van der Waals surface area contributed by atoms with Crippen LogP contribution in [-0.4, -0.2) is 5.43 Å². The summed E-state index contributed by atoms with van der Waals surface area (Å²) in [6.07, 6.45) is 13.4. The molecule has 0 nitrogen and oxygen atoms in total. The van der Waals surface area contributed by atoms with Gasteiger partial charge in [0.2, 0.25) is 0 Å². The third-order valence-electron chi connectivity index (χ3n) is 2.82. The molecular formula is C16H26Cl2SiZr. The van der Waals surface area contributed by atoms with E-state index in [1.165, 1.54) is 16.7 Å². The van der Waals surface area contributed by atoms with E-state index in [-0.39, 0.29) is 30.2 Å². The molecule has 0 fully saturated rings. The molecule has 0 aliphatic heterocycles. The molecule has 2 aliphatic carbocycles. The van der Waals surface area contributed by atoms with Gasteiger partial charge in [0.25, 0.3) is 0 Å². The monoisotopic (exact) mass is 406 g/mol. The molecule has 0 amide bonds. The van der Waals surface area contributed by atoms with E-state index in [9.17, 15) is 0 Å². The van der Waals surface area contributed by atoms with Gasteiger partial charge >= 0.3 is 41.9 Å². The summed E-state index contributed by atoms with van der Waals surface area (Å²) in [4.78, 5) is 0. The molecular weight excluding hydrogens is 382 g/mol. The summed E-state index contributed by atoms with van der Waals surface area (Å²) in [6.45, 7) is 13.3. The van der Waals surface area contributed by atoms with Crippen molar-refractivity contribution in [1.82, 2.24) is 0 Å². The van der Waals surface area contributed by atoms with E-state index in [1.54, 1.807) is 23.3 Å². The zero-order valence-corrected chi connectivity index (χ0v) is 18.4. The van der Waals surface area contributed by atoms with Crippen molar-refractivity contribution in [3.63, 3.8) is 0 Å². The SMILES string of the molecule is CC1=[C-]C(C)C(C)=C1C.C[Si](C)=[Zr+2].Cl.Cl.[C-]1=CC=CC1. The first-order chi connectivity index (χ1) is 8.36. The quantitative estimate of drug-likeness (QED) is 0.359. The summed E-state index contributed by atoms with van der Waals surface area (Å²) in [5, 5.41) is 0. The zero-order chi connectivity index (χ0) is 14.1. The fraction of sp³-hybridized carbons (Fsp3) is 0.500. The maximum Gasteiger partial charge on any atom is -0.109 e. The molecule has 0 aromatic rings. The molecule has 0 heterocycles. The Hall–Kier alpha value is 0.640. The Morgan fingerprint density at radius 1 is 1.20 bits per heavy atom. The average Bonchev–Trinajstić information content (AvgIpc) is 2.89. The Morgan fingerprint density at radius 2 is 1.70 bits per heavy atom. The molecule has 0 aromatic carbocycles. The van der Waals surface area contributed by atoms with Gasteiger partial charge in [-0.1, -0.05) is 26.7 Å². The van der Waals surface area contributed by atoms with E-state index in [1.807, 2.05) is 12.2 Å². The summed E-state index contributed by atoms with van der Waals surface area (Å²) >= 11 is 1.74. The van der Waals surface area contributed by atoms with Gasteiger partial charge in [-0.05, 0) is 0 Å². The smallest absolute Gasteiger partial charge is 0.109 e. The van der Waals surface area contributed by atoms with Crippen LogP contribution >= 0.6 is 24.8 Å². The minimum atomic E-state index is 0. The van der Waals surface area contributed by atoms with Crippen LogP contribution in [-0.2, 0) is 23.3 Å². The fourth-order valence-corrected chi connectivity index (χ4v) is 1.50. The van der Waals surface area contributed by atoms with Gasteiger partial charge in [0.1, 0.15) is 0 Å². The molecule has 0 saturated carbocycles. The number of hydrogen-bond acceptors (Lipinski definition) is 0. The van der Waals surface area contributed by atoms with Crippen LogP contribution in [0.4, 0.5) is 0 Å². The van der Waals surface area contributed by atoms with Crippen molar-refractivity contribution in [2.75, 3.05) is 0 Å². The van der Waals surface area contributed by atoms with Crippen LogP contribution in [0.1, 0.15) is 34.1 Å². The van der Waals surface area contributed by atoms with Gasteiger partial charge < -0.3 is 0 Å². The Labute approximate surface area is 153 Å². The fourth-order valence-electron chi connectivity index (χ4n) is 1.50. The largest absolute Gasteiger partial charge is 0.273 e. The van der Waals surface area contributed by atoms with Crippen LogP contribution in [0.25, 0.3) is 0 Å². The van der Waals surface area contributed by atoms with E-state index in [0.717, 1.165) is 6.42 Å². The predicted octanol–water partition coefficient (Wildman–Crippen LogP) is 5.66. The predicted molar refractivity (Wildman–Crippen MR) is 93.5 cm³/mol. The van der Waals surface area contributed by atoms with Gasteiger partial charge in [0.05, 0.1) is 0 Å². The molecule has 4 heteroatoms.